The van der Waals surface area contributed by atoms with Gasteiger partial charge in [0.1, 0.15) is 54.6 Å². The largest absolute Gasteiger partial charge is 0.489 e. The minimum Gasteiger partial charge on any atom is -0.489 e. The lowest BCUT2D eigenvalue weighted by atomic mass is 9.93. The number of aromatic amines is 1. The molecule has 1 aromatic heterocycles. The zero-order valence-corrected chi connectivity index (χ0v) is 47.7. The smallest absolute Gasteiger partial charge is 0.246 e. The molecule has 2 aromatic carbocycles. The van der Waals surface area contributed by atoms with E-state index in [9.17, 15) is 68.1 Å². The molecule has 0 aliphatic carbocycles. The van der Waals surface area contributed by atoms with Crippen LogP contribution in [-0.2, 0) is 65.8 Å². The summed E-state index contributed by atoms with van der Waals surface area (Å²) in [6.07, 6.45) is -4.18. The van der Waals surface area contributed by atoms with E-state index in [0.29, 0.717) is 39.9 Å². The molecule has 17 N–H and O–H groups in total. The molecule has 11 amide bonds. The number of aromatic nitrogens is 1. The molecule has 6 rings (SSSR count). The number of thioether (sulfide) groups is 1. The van der Waals surface area contributed by atoms with Crippen molar-refractivity contribution < 1.29 is 72.8 Å². The summed E-state index contributed by atoms with van der Waals surface area (Å²) in [5, 5.41) is 55.7. The number of nitrogens with one attached hydrogen (secondary N) is 10. The number of nitrogens with two attached hydrogens (primary N) is 2. The SMILES string of the molecule is CC[C@H](C)[C@@H]1NC(=O)CNC(=O)C2Cc3c([nH]c4cc(OCc5ccc(NC(=O)[C@@H](C)NC(=O)[C@@H](N)C(C)C)cc5)ccc34)SCC(NC(=O)CNC1=O)C(=O)N[C@@H](CC(N)=O)C(=O)N1CC(O)C[C@H]1C(=O)N[C@@H]([C@@H](C)[C@@H](O)CO)C(=O)N2. The van der Waals surface area contributed by atoms with E-state index in [1.807, 2.05) is 0 Å². The number of carbonyl (C=O) groups excluding carboxylic acids is 11. The van der Waals surface area contributed by atoms with Crippen molar-refractivity contribution in [3.05, 3.63) is 53.6 Å². The zero-order valence-electron chi connectivity index (χ0n) is 46.9. The number of fused-ring (bicyclic) bond motifs is 5. The molecule has 28 nitrogen and oxygen atoms in total. The van der Waals surface area contributed by atoms with Crippen molar-refractivity contribution in [3.63, 3.8) is 0 Å². The highest BCUT2D eigenvalue weighted by molar-refractivity contribution is 7.99. The summed E-state index contributed by atoms with van der Waals surface area (Å²) < 4.78 is 6.19. The first-order chi connectivity index (χ1) is 39.3. The second-order valence-corrected chi connectivity index (χ2v) is 22.4. The van der Waals surface area contributed by atoms with E-state index >= 15 is 0 Å². The van der Waals surface area contributed by atoms with Crippen LogP contribution in [-0.4, -0.2) is 183 Å². The van der Waals surface area contributed by atoms with Gasteiger partial charge in [0.05, 0.1) is 54.9 Å². The third-order valence-electron chi connectivity index (χ3n) is 14.8. The van der Waals surface area contributed by atoms with E-state index < -0.39 is 176 Å². The Morgan fingerprint density at radius 1 is 0.807 bits per heavy atom. The first-order valence-corrected chi connectivity index (χ1v) is 28.2. The molecule has 3 aromatic rings. The molecule has 83 heavy (non-hydrogen) atoms. The fourth-order valence-electron chi connectivity index (χ4n) is 9.42. The predicted octanol–water partition coefficient (Wildman–Crippen LogP) is -3.64. The number of carbonyl (C=O) groups is 11. The summed E-state index contributed by atoms with van der Waals surface area (Å²) in [5.41, 5.74) is 13.4. The number of primary amides is 1. The number of aliphatic hydroxyl groups is 3. The summed E-state index contributed by atoms with van der Waals surface area (Å²) in [5.74, 6) is -11.5. The van der Waals surface area contributed by atoms with Crippen molar-refractivity contribution in [2.75, 3.05) is 37.3 Å². The second kappa shape index (κ2) is 28.9. The molecule has 29 heteroatoms. The van der Waals surface area contributed by atoms with E-state index in [2.05, 4.69) is 52.8 Å². The Bertz CT molecular complexity index is 2920. The van der Waals surface area contributed by atoms with E-state index in [-0.39, 0.29) is 29.7 Å². The number of H-pyrrole nitrogens is 1. The van der Waals surface area contributed by atoms with Crippen LogP contribution < -0.4 is 64.1 Å². The molecule has 0 spiro atoms. The van der Waals surface area contributed by atoms with Gasteiger partial charge in [-0.3, -0.25) is 52.7 Å². The minimum absolute atomic E-state index is 0.0325. The highest BCUT2D eigenvalue weighted by Gasteiger charge is 2.45. The number of hydrogen-bond acceptors (Lipinski definition) is 17. The number of amides is 11. The average molecular weight is 1180 g/mol. The minimum atomic E-state index is -1.78. The Balaban J connectivity index is 1.42. The van der Waals surface area contributed by atoms with Gasteiger partial charge < -0.3 is 89.3 Å². The zero-order chi connectivity index (χ0) is 61.0. The van der Waals surface area contributed by atoms with Crippen LogP contribution in [0.1, 0.15) is 71.9 Å². The molecular formula is C54H75N13O15S. The molecule has 1 fully saturated rings. The number of anilines is 1. The number of benzene rings is 2. The van der Waals surface area contributed by atoms with Crippen LogP contribution in [0.3, 0.4) is 0 Å². The van der Waals surface area contributed by atoms with E-state index in [1.165, 1.54) is 13.8 Å². The van der Waals surface area contributed by atoms with Crippen molar-refractivity contribution in [1.29, 1.82) is 0 Å². The average Bonchev–Trinajstić information content (AvgIpc) is 4.10. The van der Waals surface area contributed by atoms with Crippen LogP contribution in [0.4, 0.5) is 5.69 Å². The number of aliphatic hydroxyl groups excluding tert-OH is 3. The van der Waals surface area contributed by atoms with E-state index in [1.54, 1.807) is 70.2 Å². The maximum absolute atomic E-state index is 14.7. The van der Waals surface area contributed by atoms with Gasteiger partial charge in [-0.2, -0.15) is 0 Å². The van der Waals surface area contributed by atoms with Gasteiger partial charge >= 0.3 is 0 Å². The van der Waals surface area contributed by atoms with Crippen molar-refractivity contribution in [3.8, 4) is 5.75 Å². The lowest BCUT2D eigenvalue weighted by molar-refractivity contribution is -0.144. The summed E-state index contributed by atoms with van der Waals surface area (Å²) in [4.78, 5) is 156. The Labute approximate surface area is 482 Å². The highest BCUT2D eigenvalue weighted by atomic mass is 32.2. The first-order valence-electron chi connectivity index (χ1n) is 27.3. The Hall–Kier alpha value is -7.86. The molecule has 1 saturated heterocycles. The molecular weight excluding hydrogens is 1100 g/mol. The normalized spacial score (nSPS) is 24.4. The van der Waals surface area contributed by atoms with E-state index in [0.717, 1.165) is 16.7 Å². The number of rotatable bonds is 15. The Morgan fingerprint density at radius 3 is 2.13 bits per heavy atom. The van der Waals surface area contributed by atoms with Crippen LogP contribution in [0, 0.1) is 17.8 Å². The summed E-state index contributed by atoms with van der Waals surface area (Å²) in [6.45, 7) is 7.12. The maximum atomic E-state index is 14.7. The Morgan fingerprint density at radius 2 is 1.48 bits per heavy atom. The van der Waals surface area contributed by atoms with Gasteiger partial charge in [-0.15, -0.1) is 11.8 Å². The molecule has 2 bridgehead atoms. The van der Waals surface area contributed by atoms with Crippen molar-refractivity contribution in [2.45, 2.75) is 139 Å². The van der Waals surface area contributed by atoms with Crippen LogP contribution in [0.5, 0.6) is 5.75 Å². The van der Waals surface area contributed by atoms with Crippen molar-refractivity contribution in [1.82, 2.24) is 52.4 Å². The predicted molar refractivity (Wildman–Crippen MR) is 300 cm³/mol. The molecule has 4 heterocycles. The fraction of sp³-hybridized carbons (Fsp3) is 0.537. The lowest BCUT2D eigenvalue weighted by Crippen LogP contribution is -2.62. The molecule has 3 unspecified atom stereocenters. The van der Waals surface area contributed by atoms with Crippen LogP contribution in [0.15, 0.2) is 47.5 Å². The van der Waals surface area contributed by atoms with Gasteiger partial charge in [-0.25, -0.2) is 0 Å². The molecule has 0 saturated carbocycles. The summed E-state index contributed by atoms with van der Waals surface area (Å²) in [6, 6.07) is 0.481. The van der Waals surface area contributed by atoms with Gasteiger partial charge in [0.25, 0.3) is 0 Å². The fourth-order valence-corrected chi connectivity index (χ4v) is 10.5. The van der Waals surface area contributed by atoms with Gasteiger partial charge in [0.15, 0.2) is 0 Å². The number of nitrogens with zero attached hydrogens (tertiary/aromatic N) is 1. The second-order valence-electron chi connectivity index (χ2n) is 21.4. The van der Waals surface area contributed by atoms with E-state index in [4.69, 9.17) is 16.2 Å². The molecule has 452 valence electrons. The van der Waals surface area contributed by atoms with Gasteiger partial charge in [0, 0.05) is 48.2 Å². The van der Waals surface area contributed by atoms with Crippen LogP contribution >= 0.6 is 11.8 Å². The van der Waals surface area contributed by atoms with Crippen molar-refractivity contribution >= 4 is 93.3 Å². The van der Waals surface area contributed by atoms with Gasteiger partial charge in [-0.05, 0) is 54.2 Å². The highest BCUT2D eigenvalue weighted by Crippen LogP contribution is 2.34. The quantitative estimate of drug-likeness (QED) is 0.0698. The monoisotopic (exact) mass is 1180 g/mol. The third-order valence-corrected chi connectivity index (χ3v) is 15.9. The third kappa shape index (κ3) is 16.9. The van der Waals surface area contributed by atoms with Crippen molar-refractivity contribution in [2.24, 2.45) is 29.2 Å². The van der Waals surface area contributed by atoms with Crippen LogP contribution in [0.25, 0.3) is 10.9 Å². The topological polar surface area (TPSA) is 437 Å². The summed E-state index contributed by atoms with van der Waals surface area (Å²) >= 11 is 0.956. The standard InChI is InChI=1S/C54H75N13O15S/c1-7-25(4)44-51(79)58-18-41(72)61-37-23-83-53-33(32-13-12-31(15-34(32)64-53)82-22-28-8-10-29(11-9-28)60-46(74)27(6)59-50(78)43(56)24(2)3)16-35(47(75)57-19-42(73)65-44)62-52(80)45(26(5)39(70)21-68)66-49(77)38-14-30(69)20-67(38)54(81)36(17-40(55)71)63-48(37)76/h8-13,15,24-27,30,35-39,43-45,64,68-70H,7,14,16-23,56H2,1-6H3,(H2,55,71)(H,57,75)(H,58,79)(H,59,78)(H,60,74)(H,61,72)(H,62,80)(H,63,76)(H,65,73)(H,66,77)/t25-,26-,27+,30?,35?,36-,37?,38-,39-,43-,44-,45-/m0/s1. The van der Waals surface area contributed by atoms with Gasteiger partial charge in [0.2, 0.25) is 65.0 Å². The van der Waals surface area contributed by atoms with Crippen LogP contribution in [0.2, 0.25) is 0 Å². The lowest BCUT2D eigenvalue weighted by Gasteiger charge is -2.32. The number of hydrogen-bond donors (Lipinski definition) is 15. The number of ether oxygens (including phenoxy) is 1. The molecule has 3 aliphatic heterocycles. The molecule has 3 aliphatic rings. The summed E-state index contributed by atoms with van der Waals surface area (Å²) in [7, 11) is 0. The maximum Gasteiger partial charge on any atom is 0.246 e. The first kappa shape index (κ1) is 64.3. The Kier molecular flexibility index (Phi) is 22.4. The molecule has 12 atom stereocenters. The van der Waals surface area contributed by atoms with Gasteiger partial charge in [-0.1, -0.05) is 53.2 Å². The molecule has 0 radical (unpaired) electrons.